The fourth-order valence-electron chi connectivity index (χ4n) is 4.13. The Kier molecular flexibility index (Phi) is 5.41. The largest absolute Gasteiger partial charge is 0.508 e. The molecule has 162 valence electrons. The number of hydrazine groups is 1. The summed E-state index contributed by atoms with van der Waals surface area (Å²) in [5.74, 6) is -0.0764. The van der Waals surface area contributed by atoms with Crippen molar-refractivity contribution < 1.29 is 9.90 Å². The second-order valence-corrected chi connectivity index (χ2v) is 8.61. The molecule has 2 N–H and O–H groups in total. The summed E-state index contributed by atoms with van der Waals surface area (Å²) in [6.07, 6.45) is 1.27. The van der Waals surface area contributed by atoms with Gasteiger partial charge in [0.25, 0.3) is 5.91 Å². The highest BCUT2D eigenvalue weighted by Crippen LogP contribution is 2.40. The number of benzene rings is 3. The number of fused-ring (bicyclic) bond motifs is 1. The van der Waals surface area contributed by atoms with Crippen LogP contribution in [0.4, 0.5) is 11.4 Å². The number of hydrazone groups is 1. The number of rotatable bonds is 4. The molecule has 0 saturated carbocycles. The van der Waals surface area contributed by atoms with Crippen molar-refractivity contribution in [2.24, 2.45) is 5.10 Å². The lowest BCUT2D eigenvalue weighted by atomic mass is 10.0. The second kappa shape index (κ2) is 8.37. The van der Waals surface area contributed by atoms with E-state index >= 15 is 0 Å². The van der Waals surface area contributed by atoms with E-state index in [-0.39, 0.29) is 17.7 Å². The summed E-state index contributed by atoms with van der Waals surface area (Å²) in [7, 11) is 0. The Bertz CT molecular complexity index is 1210. The number of phenolic OH excluding ortho intramolecular Hbond substituents is 1. The Labute approximate surface area is 195 Å². The van der Waals surface area contributed by atoms with Crippen molar-refractivity contribution in [3.05, 3.63) is 87.9 Å². The van der Waals surface area contributed by atoms with Gasteiger partial charge in [0, 0.05) is 18.0 Å². The van der Waals surface area contributed by atoms with Crippen LogP contribution in [0.5, 0.6) is 5.75 Å². The smallest absolute Gasteiger partial charge is 0.286 e. The van der Waals surface area contributed by atoms with Gasteiger partial charge in [0.1, 0.15) is 11.5 Å². The fourth-order valence-corrected chi connectivity index (χ4v) is 4.63. The molecule has 1 amide bonds. The van der Waals surface area contributed by atoms with Crippen LogP contribution in [0.3, 0.4) is 0 Å². The summed E-state index contributed by atoms with van der Waals surface area (Å²) in [4.78, 5) is 13.2. The summed E-state index contributed by atoms with van der Waals surface area (Å²) >= 11 is 12.5. The molecule has 6 nitrogen and oxygen atoms in total. The minimum absolute atomic E-state index is 0.175. The van der Waals surface area contributed by atoms with Crippen molar-refractivity contribution in [2.75, 3.05) is 16.6 Å². The molecule has 0 aliphatic carbocycles. The third kappa shape index (κ3) is 3.87. The number of nitrogens with zero attached hydrogens (tertiary/aromatic N) is 3. The summed E-state index contributed by atoms with van der Waals surface area (Å²) in [6, 6.07) is 19.9. The van der Waals surface area contributed by atoms with Crippen molar-refractivity contribution in [3.63, 3.8) is 0 Å². The monoisotopic (exact) mass is 466 g/mol. The zero-order valence-electron chi connectivity index (χ0n) is 17.0. The van der Waals surface area contributed by atoms with Gasteiger partial charge in [-0.3, -0.25) is 20.2 Å². The van der Waals surface area contributed by atoms with E-state index < -0.39 is 0 Å². The van der Waals surface area contributed by atoms with Gasteiger partial charge < -0.3 is 5.11 Å². The van der Waals surface area contributed by atoms with Crippen LogP contribution in [-0.2, 0) is 11.2 Å². The molecular weight excluding hydrogens is 447 g/mol. The van der Waals surface area contributed by atoms with Crippen LogP contribution < -0.4 is 15.4 Å². The Morgan fingerprint density at radius 2 is 1.81 bits per heavy atom. The van der Waals surface area contributed by atoms with Gasteiger partial charge in [-0.05, 0) is 53.9 Å². The number of hydrogen-bond acceptors (Lipinski definition) is 5. The van der Waals surface area contributed by atoms with Gasteiger partial charge in [-0.1, -0.05) is 53.5 Å². The van der Waals surface area contributed by atoms with Crippen molar-refractivity contribution in [2.45, 2.75) is 18.9 Å². The molecule has 0 radical (unpaired) electrons. The molecule has 3 aromatic carbocycles. The lowest BCUT2D eigenvalue weighted by Crippen LogP contribution is -2.44. The number of amides is 1. The fraction of sp³-hybridized carbons (Fsp3) is 0.167. The van der Waals surface area contributed by atoms with Crippen LogP contribution in [0.15, 0.2) is 71.8 Å². The van der Waals surface area contributed by atoms with E-state index in [9.17, 15) is 9.90 Å². The predicted molar refractivity (Wildman–Crippen MR) is 127 cm³/mol. The van der Waals surface area contributed by atoms with Gasteiger partial charge in [-0.2, -0.15) is 5.10 Å². The Balaban J connectivity index is 1.44. The molecule has 8 heteroatoms. The molecule has 0 spiro atoms. The number of para-hydroxylation sites is 1. The maximum atomic E-state index is 13.2. The lowest BCUT2D eigenvalue weighted by molar-refractivity contribution is -0.115. The minimum atomic E-state index is -0.252. The molecule has 0 saturated heterocycles. The highest BCUT2D eigenvalue weighted by molar-refractivity contribution is 6.40. The van der Waals surface area contributed by atoms with E-state index in [0.717, 1.165) is 17.7 Å². The number of carbonyl (C=O) groups excluding carboxylic acids is 1. The van der Waals surface area contributed by atoms with Gasteiger partial charge in [-0.25, -0.2) is 0 Å². The standard InChI is InChI=1S/C24H20Cl2N4O2/c25-17-7-10-22(19(26)13-17)30-23(16-5-8-18(31)9-6-16)14-20(27-30)24(32)28-29-12-11-15-3-1-2-4-21(15)29/h1-10,13,23,31H,11-12,14H2,(H,28,32). The molecule has 1 atom stereocenters. The quantitative estimate of drug-likeness (QED) is 0.560. The average Bonchev–Trinajstić information content (AvgIpc) is 3.39. The topological polar surface area (TPSA) is 68.2 Å². The molecule has 0 aromatic heterocycles. The summed E-state index contributed by atoms with van der Waals surface area (Å²) in [5.41, 5.74) is 7.18. The molecular formula is C24H20Cl2N4O2. The third-order valence-corrected chi connectivity index (χ3v) is 6.27. The minimum Gasteiger partial charge on any atom is -0.508 e. The van der Waals surface area contributed by atoms with Crippen LogP contribution in [0.25, 0.3) is 0 Å². The first-order valence-corrected chi connectivity index (χ1v) is 11.0. The maximum Gasteiger partial charge on any atom is 0.286 e. The number of hydrogen-bond donors (Lipinski definition) is 2. The van der Waals surface area contributed by atoms with E-state index in [2.05, 4.69) is 16.6 Å². The molecule has 5 rings (SSSR count). The zero-order chi connectivity index (χ0) is 22.2. The molecule has 2 aliphatic heterocycles. The number of halogens is 2. The average molecular weight is 467 g/mol. The van der Waals surface area contributed by atoms with E-state index in [4.69, 9.17) is 23.2 Å². The van der Waals surface area contributed by atoms with Crippen LogP contribution >= 0.6 is 23.2 Å². The van der Waals surface area contributed by atoms with E-state index in [1.807, 2.05) is 35.3 Å². The van der Waals surface area contributed by atoms with Crippen molar-refractivity contribution in [3.8, 4) is 5.75 Å². The lowest BCUT2D eigenvalue weighted by Gasteiger charge is -2.25. The van der Waals surface area contributed by atoms with E-state index in [1.165, 1.54) is 5.56 Å². The molecule has 0 fully saturated rings. The molecule has 2 heterocycles. The Morgan fingerprint density at radius 3 is 2.59 bits per heavy atom. The van der Waals surface area contributed by atoms with Gasteiger partial charge in [-0.15, -0.1) is 0 Å². The Hall–Kier alpha value is -3.22. The molecule has 32 heavy (non-hydrogen) atoms. The molecule has 1 unspecified atom stereocenters. The molecule has 0 bridgehead atoms. The first-order valence-electron chi connectivity index (χ1n) is 10.3. The summed E-state index contributed by atoms with van der Waals surface area (Å²) in [6.45, 7) is 0.715. The van der Waals surface area contributed by atoms with Crippen LogP contribution in [0.1, 0.15) is 23.6 Å². The van der Waals surface area contributed by atoms with Gasteiger partial charge in [0.15, 0.2) is 0 Å². The number of phenols is 1. The summed E-state index contributed by atoms with van der Waals surface area (Å²) in [5, 5.41) is 18.9. The highest BCUT2D eigenvalue weighted by Gasteiger charge is 2.34. The number of anilines is 2. The first-order chi connectivity index (χ1) is 15.5. The van der Waals surface area contributed by atoms with Crippen LogP contribution in [0.2, 0.25) is 10.0 Å². The van der Waals surface area contributed by atoms with Crippen LogP contribution in [-0.4, -0.2) is 23.3 Å². The normalized spacial score (nSPS) is 17.3. The van der Waals surface area contributed by atoms with Gasteiger partial charge in [0.05, 0.1) is 22.4 Å². The van der Waals surface area contributed by atoms with Crippen LogP contribution in [0, 0.1) is 0 Å². The SMILES string of the molecule is O=C(NN1CCc2ccccc21)C1=NN(c2ccc(Cl)cc2Cl)C(c2ccc(O)cc2)C1. The van der Waals surface area contributed by atoms with E-state index in [0.29, 0.717) is 34.4 Å². The number of aromatic hydroxyl groups is 1. The predicted octanol–water partition coefficient (Wildman–Crippen LogP) is 5.10. The zero-order valence-corrected chi connectivity index (χ0v) is 18.5. The van der Waals surface area contributed by atoms with Crippen molar-refractivity contribution in [1.82, 2.24) is 5.43 Å². The van der Waals surface area contributed by atoms with Crippen molar-refractivity contribution in [1.29, 1.82) is 0 Å². The van der Waals surface area contributed by atoms with Crippen molar-refractivity contribution >= 4 is 46.2 Å². The summed E-state index contributed by atoms with van der Waals surface area (Å²) < 4.78 is 0. The first kappa shape index (κ1) is 20.7. The van der Waals surface area contributed by atoms with Gasteiger partial charge in [0.2, 0.25) is 0 Å². The highest BCUT2D eigenvalue weighted by atomic mass is 35.5. The Morgan fingerprint density at radius 1 is 1.03 bits per heavy atom. The maximum absolute atomic E-state index is 13.2. The number of nitrogens with one attached hydrogen (secondary N) is 1. The molecule has 2 aliphatic rings. The number of carbonyl (C=O) groups is 1. The molecule has 3 aromatic rings. The van der Waals surface area contributed by atoms with Gasteiger partial charge >= 0.3 is 0 Å². The third-order valence-electron chi connectivity index (χ3n) is 5.73. The van der Waals surface area contributed by atoms with E-state index in [1.54, 1.807) is 35.3 Å². The second-order valence-electron chi connectivity index (χ2n) is 7.77.